The van der Waals surface area contributed by atoms with E-state index >= 15 is 0 Å². The molecule has 1 aliphatic carbocycles. The van der Waals surface area contributed by atoms with Crippen molar-refractivity contribution in [1.82, 2.24) is 67.7 Å². The van der Waals surface area contributed by atoms with Gasteiger partial charge in [-0.2, -0.15) is 5.10 Å². The van der Waals surface area contributed by atoms with Crippen LogP contribution in [-0.4, -0.2) is 124 Å². The van der Waals surface area contributed by atoms with E-state index in [9.17, 15) is 33.6 Å². The van der Waals surface area contributed by atoms with Crippen molar-refractivity contribution in [2.45, 2.75) is 323 Å². The second kappa shape index (κ2) is 70.0. The van der Waals surface area contributed by atoms with Crippen LogP contribution in [0, 0.1) is 11.8 Å². The highest BCUT2D eigenvalue weighted by atomic mass is 16.2. The van der Waals surface area contributed by atoms with Gasteiger partial charge in [0.05, 0.1) is 33.9 Å². The van der Waals surface area contributed by atoms with Gasteiger partial charge in [0.2, 0.25) is 0 Å². The van der Waals surface area contributed by atoms with Crippen LogP contribution in [0.3, 0.4) is 0 Å². The molecule has 18 rings (SSSR count). The zero-order valence-corrected chi connectivity index (χ0v) is 93.2. The lowest BCUT2D eigenvalue weighted by Crippen LogP contribution is -2.43. The monoisotopic (exact) mass is 1940 g/mol. The molecule has 2 amide bonds. The summed E-state index contributed by atoms with van der Waals surface area (Å²) in [6.07, 6.45) is 33.5. The first kappa shape index (κ1) is 127. The van der Waals surface area contributed by atoms with Crippen LogP contribution in [0.25, 0.3) is 65.0 Å². The summed E-state index contributed by atoms with van der Waals surface area (Å²) in [6.45, 7) is 77.3. The summed E-state index contributed by atoms with van der Waals surface area (Å²) in [5.74, 6) is 2.56. The number of allylic oxidation sites excluding steroid dienone is 3. The van der Waals surface area contributed by atoms with Crippen LogP contribution in [0.5, 0.6) is 0 Å². The van der Waals surface area contributed by atoms with Gasteiger partial charge in [-0.15, -0.1) is 0 Å². The minimum absolute atomic E-state index is 0.0156. The number of pyridine rings is 9. The van der Waals surface area contributed by atoms with Crippen LogP contribution in [-0.2, 0) is 12.8 Å². The summed E-state index contributed by atoms with van der Waals surface area (Å²) in [5.41, 5.74) is 7.42. The number of likely N-dealkylation sites (tertiary alicyclic amines) is 1. The molecule has 3 aliphatic heterocycles. The number of carbonyl (C=O) groups is 2. The van der Waals surface area contributed by atoms with Gasteiger partial charge in [-0.3, -0.25) is 58.5 Å². The Morgan fingerprint density at radius 2 is 0.690 bits per heavy atom. The fraction of sp³-hybridized carbons (Fsp3) is 0.446. The lowest BCUT2D eigenvalue weighted by molar-refractivity contribution is 0.0680. The van der Waals surface area contributed by atoms with Crippen molar-refractivity contribution in [2.24, 2.45) is 11.8 Å². The summed E-state index contributed by atoms with van der Waals surface area (Å²) in [5, 5.41) is 12.3. The molecule has 4 aliphatic rings. The van der Waals surface area contributed by atoms with Gasteiger partial charge in [0, 0.05) is 168 Å². The van der Waals surface area contributed by atoms with E-state index in [0.717, 1.165) is 86.7 Å². The average molecular weight is 1940 g/mol. The van der Waals surface area contributed by atoms with Crippen LogP contribution >= 0.6 is 0 Å². The normalized spacial score (nSPS) is 13.1. The lowest BCUT2D eigenvalue weighted by atomic mass is 9.82. The molecule has 21 nitrogen and oxygen atoms in total. The van der Waals surface area contributed by atoms with Gasteiger partial charge in [0.1, 0.15) is 11.0 Å². The number of rotatable bonds is 9. The summed E-state index contributed by atoms with van der Waals surface area (Å²) >= 11 is 0. The molecular formula is C121H176N14O7. The van der Waals surface area contributed by atoms with Crippen molar-refractivity contribution in [3.05, 3.63) is 342 Å². The molecule has 2 unspecified atom stereocenters. The minimum Gasteiger partial charge on any atom is -0.336 e. The molecule has 0 saturated carbocycles. The van der Waals surface area contributed by atoms with E-state index in [1.807, 2.05) is 362 Å². The fourth-order valence-corrected chi connectivity index (χ4v) is 15.1. The van der Waals surface area contributed by atoms with E-state index in [1.54, 1.807) is 73.8 Å². The zero-order chi connectivity index (χ0) is 107. The Kier molecular flexibility index (Phi) is 62.7. The lowest BCUT2D eigenvalue weighted by Gasteiger charge is -2.39. The predicted octanol–water partition coefficient (Wildman–Crippen LogP) is 29.1. The van der Waals surface area contributed by atoms with E-state index in [1.165, 1.54) is 51.7 Å². The standard InChI is InChI=1S/2C12H15NO.C12H13N.C12H19N.5C11H12N2O.9C2H6/c2*1-9(2)13-8-7-10-5-3-4-6-11(10)12(13)14;1-9(2)10-3-4-12-8-13-6-5-11(12)7-10;1-10(2)13-8-7-11-5-3-4-6-12(11)9-13;1-8(2)13-6-4-9-7-12-5-3-10(9)11(13)14;1-8(2)13-7-5-10-9(11(13)14)4-3-6-12-10;2*1-8(2)13-7-5-9-4-3-6-12-10(9)11(13)14;1-8(2)13-11(14)10-6-4-3-5-9(10)7-12-13;9*1-2/h2*3-6,9H,7-8H2,1-2H3;3-9H,1-2H3;3-6,10-12H,7-9H2,1-2H3;5*3-8H,1-2H3;9*1-2H3. The summed E-state index contributed by atoms with van der Waals surface area (Å²) in [7, 11) is 0. The highest BCUT2D eigenvalue weighted by Gasteiger charge is 2.29. The van der Waals surface area contributed by atoms with Crippen LogP contribution in [0.2, 0.25) is 0 Å². The van der Waals surface area contributed by atoms with Crippen molar-refractivity contribution in [2.75, 3.05) is 26.2 Å². The van der Waals surface area contributed by atoms with E-state index in [-0.39, 0.29) is 69.8 Å². The quantitative estimate of drug-likeness (QED) is 0.131. The third-order valence-electron chi connectivity index (χ3n) is 22.4. The molecule has 1 saturated heterocycles. The van der Waals surface area contributed by atoms with Crippen molar-refractivity contribution in [3.63, 3.8) is 0 Å². The number of amides is 2. The van der Waals surface area contributed by atoms with Gasteiger partial charge < -0.3 is 33.0 Å². The molecule has 2 atom stereocenters. The molecule has 142 heavy (non-hydrogen) atoms. The average Bonchev–Trinajstić information content (AvgIpc) is 0.808. The summed E-state index contributed by atoms with van der Waals surface area (Å²) in [6, 6.07) is 54.5. The Labute approximate surface area is 851 Å². The molecule has 21 heteroatoms. The maximum atomic E-state index is 12.0. The van der Waals surface area contributed by atoms with Crippen molar-refractivity contribution >= 4 is 76.8 Å². The largest absolute Gasteiger partial charge is 0.336 e. The number of aromatic nitrogens is 11. The van der Waals surface area contributed by atoms with Gasteiger partial charge in [0.15, 0.2) is 0 Å². The molecule has 0 spiro atoms. The maximum Gasteiger partial charge on any atom is 0.277 e. The Bertz CT molecular complexity index is 5700. The van der Waals surface area contributed by atoms with Gasteiger partial charge in [-0.05, 0) is 255 Å². The highest BCUT2D eigenvalue weighted by molar-refractivity contribution is 5.97. The number of carbonyl (C=O) groups excluding carboxylic acids is 2. The van der Waals surface area contributed by atoms with Crippen LogP contribution in [0.15, 0.2) is 286 Å². The third kappa shape index (κ3) is 37.9. The Morgan fingerprint density at radius 3 is 1.15 bits per heavy atom. The zero-order valence-electron chi connectivity index (χ0n) is 93.2. The number of benzene rings is 4. The summed E-state index contributed by atoms with van der Waals surface area (Å²) in [4.78, 5) is 110. The molecular weight excluding hydrogens is 1760 g/mol. The van der Waals surface area contributed by atoms with Crippen LogP contribution in [0.1, 0.15) is 329 Å². The molecule has 14 aromatic rings. The topological polar surface area (TPSA) is 231 Å². The van der Waals surface area contributed by atoms with Crippen molar-refractivity contribution < 1.29 is 9.59 Å². The number of piperidine rings is 1. The molecule has 772 valence electrons. The SMILES string of the molecule is CC.CC.CC.CC.CC.CC.CC.CC.CC.CC(C)N1CCC2C=CC=CC2C1.CC(C)N1CCc2ccccc2C1=O.CC(C)N1CCc2ccccc2C1=O.CC(C)c1ccc2cnccc2c1.CC(C)n1ccc2cccnc2c1=O.CC(C)n1ccc2cccnc2c1=O.CC(C)n1ccc2cnccc2c1=O.CC(C)n1ccc2ncccc2c1=O.CC(C)n1ncc2ccccc2c1=O. The van der Waals surface area contributed by atoms with Crippen molar-refractivity contribution in [3.8, 4) is 0 Å². The second-order valence-corrected chi connectivity index (χ2v) is 34.0. The van der Waals surface area contributed by atoms with E-state index < -0.39 is 0 Å². The number of nitrogens with zero attached hydrogens (tertiary/aromatic N) is 14. The minimum atomic E-state index is -0.0156. The molecule has 13 heterocycles. The van der Waals surface area contributed by atoms with Crippen molar-refractivity contribution in [1.29, 1.82) is 0 Å². The number of hydrogen-bond donors (Lipinski definition) is 0. The third-order valence-corrected chi connectivity index (χ3v) is 22.4. The molecule has 0 radical (unpaired) electrons. The highest BCUT2D eigenvalue weighted by Crippen LogP contribution is 2.30. The van der Waals surface area contributed by atoms with E-state index in [4.69, 9.17) is 0 Å². The van der Waals surface area contributed by atoms with Crippen LogP contribution < -0.4 is 27.8 Å². The first-order valence-electron chi connectivity index (χ1n) is 52.4. The maximum absolute atomic E-state index is 12.0. The Morgan fingerprint density at radius 1 is 0.303 bits per heavy atom. The van der Waals surface area contributed by atoms with Gasteiger partial charge in [-0.25, -0.2) is 4.68 Å². The molecule has 1 fully saturated rings. The van der Waals surface area contributed by atoms with Gasteiger partial charge in [0.25, 0.3) is 39.6 Å². The van der Waals surface area contributed by atoms with Crippen LogP contribution in [0.4, 0.5) is 0 Å². The number of fused-ring (bicyclic) bond motifs is 9. The molecule has 4 aromatic carbocycles. The second-order valence-electron chi connectivity index (χ2n) is 34.0. The molecule has 0 N–H and O–H groups in total. The van der Waals surface area contributed by atoms with Gasteiger partial charge >= 0.3 is 0 Å². The predicted molar refractivity (Wildman–Crippen MR) is 609 cm³/mol. The first-order valence-corrected chi connectivity index (χ1v) is 52.4. The van der Waals surface area contributed by atoms with E-state index in [0.29, 0.717) is 40.5 Å². The molecule has 10 aromatic heterocycles. The van der Waals surface area contributed by atoms with Gasteiger partial charge in [-0.1, -0.05) is 248 Å². The summed E-state index contributed by atoms with van der Waals surface area (Å²) < 4.78 is 8.32. The Hall–Kier alpha value is -12.8. The smallest absolute Gasteiger partial charge is 0.277 e. The Balaban J connectivity index is 0.000000782. The molecule has 0 bridgehead atoms. The van der Waals surface area contributed by atoms with E-state index in [2.05, 4.69) is 139 Å². The fourth-order valence-electron chi connectivity index (χ4n) is 15.1. The first-order chi connectivity index (χ1) is 68.4. The number of hydrogen-bond acceptors (Lipinski definition) is 14.